The zero-order valence-corrected chi connectivity index (χ0v) is 12.3. The summed E-state index contributed by atoms with van der Waals surface area (Å²) >= 11 is 0. The fourth-order valence-electron chi connectivity index (χ4n) is 2.21. The van der Waals surface area contributed by atoms with Crippen molar-refractivity contribution in [2.75, 3.05) is 6.61 Å². The van der Waals surface area contributed by atoms with Crippen LogP contribution in [0.15, 0.2) is 30.3 Å². The van der Waals surface area contributed by atoms with E-state index in [9.17, 15) is 13.6 Å². The minimum Gasteiger partial charge on any atom is -0.462 e. The van der Waals surface area contributed by atoms with Crippen LogP contribution in [0.4, 0.5) is 8.78 Å². The Morgan fingerprint density at radius 1 is 1.26 bits per heavy atom. The van der Waals surface area contributed by atoms with Gasteiger partial charge >= 0.3 is 13.5 Å². The zero-order chi connectivity index (χ0) is 16.4. The highest BCUT2D eigenvalue weighted by Crippen LogP contribution is 2.29. The Morgan fingerprint density at radius 3 is 2.70 bits per heavy atom. The van der Waals surface area contributed by atoms with Crippen LogP contribution >= 0.6 is 0 Å². The fourth-order valence-corrected chi connectivity index (χ4v) is 2.21. The molecular formula is C16H12BF2O4. The molecule has 1 aliphatic heterocycles. The largest absolute Gasteiger partial charge is 0.462 e. The first-order valence-corrected chi connectivity index (χ1v) is 7.00. The second-order valence-electron chi connectivity index (χ2n) is 4.88. The summed E-state index contributed by atoms with van der Waals surface area (Å²) in [5.74, 6) is -3.03. The number of benzene rings is 2. The van der Waals surface area contributed by atoms with Crippen LogP contribution in [-0.2, 0) is 16.0 Å². The maximum absolute atomic E-state index is 14.1. The molecule has 0 saturated carbocycles. The Balaban J connectivity index is 1.87. The van der Waals surface area contributed by atoms with Gasteiger partial charge in [-0.3, -0.25) is 0 Å². The molecule has 7 heteroatoms. The van der Waals surface area contributed by atoms with Crippen LogP contribution < -0.4 is 10.2 Å². The molecule has 0 N–H and O–H groups in total. The van der Waals surface area contributed by atoms with Crippen molar-refractivity contribution in [3.05, 3.63) is 53.1 Å². The van der Waals surface area contributed by atoms with E-state index in [0.29, 0.717) is 6.61 Å². The van der Waals surface area contributed by atoms with Gasteiger partial charge in [-0.2, -0.15) is 0 Å². The van der Waals surface area contributed by atoms with Crippen molar-refractivity contribution in [2.24, 2.45) is 0 Å². The molecule has 0 aliphatic carbocycles. The lowest BCUT2D eigenvalue weighted by molar-refractivity contribution is 0.0525. The molecule has 0 atom stereocenters. The number of hydrogen-bond donors (Lipinski definition) is 0. The average molecular weight is 317 g/mol. The molecule has 0 fully saturated rings. The lowest BCUT2D eigenvalue weighted by Gasteiger charge is -2.10. The first-order valence-electron chi connectivity index (χ1n) is 7.00. The van der Waals surface area contributed by atoms with E-state index in [1.807, 2.05) is 0 Å². The smallest absolute Gasteiger partial charge is 0.338 e. The number of carbonyl (C=O) groups excluding carboxylic acids is 1. The van der Waals surface area contributed by atoms with Gasteiger partial charge in [-0.15, -0.1) is 0 Å². The Labute approximate surface area is 132 Å². The van der Waals surface area contributed by atoms with E-state index < -0.39 is 23.4 Å². The molecule has 1 heterocycles. The monoisotopic (exact) mass is 317 g/mol. The Kier molecular flexibility index (Phi) is 4.29. The minimum atomic E-state index is -0.976. The summed E-state index contributed by atoms with van der Waals surface area (Å²) < 4.78 is 43.3. The summed E-state index contributed by atoms with van der Waals surface area (Å²) in [6, 6.07) is 6.75. The number of rotatable bonds is 4. The van der Waals surface area contributed by atoms with Crippen LogP contribution in [0.2, 0.25) is 0 Å². The van der Waals surface area contributed by atoms with E-state index in [0.717, 1.165) is 23.2 Å². The Bertz CT molecular complexity index is 741. The van der Waals surface area contributed by atoms with Gasteiger partial charge in [0, 0.05) is 0 Å². The van der Waals surface area contributed by atoms with Gasteiger partial charge in [0.05, 0.1) is 18.8 Å². The first kappa shape index (κ1) is 15.5. The molecule has 1 aliphatic rings. The summed E-state index contributed by atoms with van der Waals surface area (Å²) in [6.07, 6.45) is 0. The van der Waals surface area contributed by atoms with Gasteiger partial charge < -0.3 is 14.1 Å². The maximum Gasteiger partial charge on any atom is 0.338 e. The van der Waals surface area contributed by atoms with Crippen molar-refractivity contribution in [2.45, 2.75) is 13.5 Å². The van der Waals surface area contributed by atoms with Crippen LogP contribution in [0.5, 0.6) is 11.5 Å². The third-order valence-electron chi connectivity index (χ3n) is 3.29. The van der Waals surface area contributed by atoms with Crippen molar-refractivity contribution in [3.8, 4) is 11.5 Å². The lowest BCUT2D eigenvalue weighted by atomic mass is 9.87. The van der Waals surface area contributed by atoms with Crippen LogP contribution in [0, 0.1) is 11.6 Å². The molecule has 0 unspecified atom stereocenters. The molecule has 0 spiro atoms. The van der Waals surface area contributed by atoms with E-state index in [4.69, 9.17) is 14.1 Å². The van der Waals surface area contributed by atoms with E-state index in [2.05, 4.69) is 0 Å². The molecule has 0 amide bonds. The molecule has 2 aromatic carbocycles. The summed E-state index contributed by atoms with van der Waals surface area (Å²) in [6.45, 7) is 2.12. The van der Waals surface area contributed by atoms with Gasteiger partial charge in [0.2, 0.25) is 0 Å². The van der Waals surface area contributed by atoms with Crippen LogP contribution in [0.25, 0.3) is 0 Å². The van der Waals surface area contributed by atoms with Crippen LogP contribution in [-0.4, -0.2) is 20.1 Å². The molecule has 2 aromatic rings. The average Bonchev–Trinajstić information content (AvgIpc) is 2.98. The normalized spacial score (nSPS) is 12.5. The second kappa shape index (κ2) is 6.38. The Morgan fingerprint density at radius 2 is 2.00 bits per heavy atom. The number of halogens is 2. The third-order valence-corrected chi connectivity index (χ3v) is 3.29. The maximum atomic E-state index is 14.1. The molecule has 117 valence electrons. The standard InChI is InChI=1S/C16H12BF2O4/c1-2-21-16(20)9-6-13(18)15(14(19)7-9)23-11-3-4-12-10(5-11)8-22-17-12/h3-7H,2,8H2,1H3. The fraction of sp³-hybridized carbons (Fsp3) is 0.188. The molecule has 0 saturated heterocycles. The summed E-state index contributed by atoms with van der Waals surface area (Å²) in [5, 5.41) is 0. The van der Waals surface area contributed by atoms with Crippen LogP contribution in [0.1, 0.15) is 22.8 Å². The summed E-state index contributed by atoms with van der Waals surface area (Å²) in [7, 11) is 1.61. The SMILES string of the molecule is CCOC(=O)c1cc(F)c(Oc2ccc3c(c2)CO[B]3)c(F)c1. The van der Waals surface area contributed by atoms with Crippen LogP contribution in [0.3, 0.4) is 0 Å². The number of ether oxygens (including phenoxy) is 2. The molecule has 23 heavy (non-hydrogen) atoms. The predicted octanol–water partition coefficient (Wildman–Crippen LogP) is 2.71. The Hall–Kier alpha value is -2.41. The van der Waals surface area contributed by atoms with Gasteiger partial charge in [-0.1, -0.05) is 6.07 Å². The molecule has 3 rings (SSSR count). The van der Waals surface area contributed by atoms with E-state index in [1.165, 1.54) is 0 Å². The predicted molar refractivity (Wildman–Crippen MR) is 79.0 cm³/mol. The van der Waals surface area contributed by atoms with Crippen molar-refractivity contribution < 1.29 is 27.7 Å². The molecule has 1 radical (unpaired) electrons. The van der Waals surface area contributed by atoms with Gasteiger partial charge in [-0.25, -0.2) is 13.6 Å². The van der Waals surface area contributed by atoms with E-state index >= 15 is 0 Å². The minimum absolute atomic E-state index is 0.120. The van der Waals surface area contributed by atoms with Crippen molar-refractivity contribution >= 4 is 18.9 Å². The molecule has 4 nitrogen and oxygen atoms in total. The van der Waals surface area contributed by atoms with Crippen molar-refractivity contribution in [3.63, 3.8) is 0 Å². The summed E-state index contributed by atoms with van der Waals surface area (Å²) in [4.78, 5) is 11.5. The van der Waals surface area contributed by atoms with Gasteiger partial charge in [0.25, 0.3) is 0 Å². The van der Waals surface area contributed by atoms with Crippen molar-refractivity contribution in [1.29, 1.82) is 0 Å². The first-order chi connectivity index (χ1) is 11.1. The number of hydrogen-bond acceptors (Lipinski definition) is 4. The van der Waals surface area contributed by atoms with Crippen molar-refractivity contribution in [1.82, 2.24) is 0 Å². The number of fused-ring (bicyclic) bond motifs is 1. The van der Waals surface area contributed by atoms with Gasteiger partial charge in [-0.05, 0) is 42.2 Å². The highest BCUT2D eigenvalue weighted by molar-refractivity contribution is 6.48. The number of carbonyl (C=O) groups is 1. The zero-order valence-electron chi connectivity index (χ0n) is 12.3. The van der Waals surface area contributed by atoms with E-state index in [-0.39, 0.29) is 17.9 Å². The van der Waals surface area contributed by atoms with E-state index in [1.54, 1.807) is 32.6 Å². The van der Waals surface area contributed by atoms with Gasteiger partial charge in [0.1, 0.15) is 5.75 Å². The molecule has 0 bridgehead atoms. The molecule has 0 aromatic heterocycles. The highest BCUT2D eigenvalue weighted by Gasteiger charge is 2.19. The number of esters is 1. The second-order valence-corrected chi connectivity index (χ2v) is 4.88. The third kappa shape index (κ3) is 3.19. The quantitative estimate of drug-likeness (QED) is 0.642. The topological polar surface area (TPSA) is 44.8 Å². The van der Waals surface area contributed by atoms with Gasteiger partial charge in [0.15, 0.2) is 17.4 Å². The molecular weight excluding hydrogens is 305 g/mol. The highest BCUT2D eigenvalue weighted by atomic mass is 19.1. The summed E-state index contributed by atoms with van der Waals surface area (Å²) in [5.41, 5.74) is 1.56. The lowest BCUT2D eigenvalue weighted by Crippen LogP contribution is -2.10.